The Balaban J connectivity index is 2.05. The molecule has 3 rings (SSSR count). The average molecular weight is 556 g/mol. The summed E-state index contributed by atoms with van der Waals surface area (Å²) in [6.07, 6.45) is 0.746. The summed E-state index contributed by atoms with van der Waals surface area (Å²) in [4.78, 5) is 28.3. The van der Waals surface area contributed by atoms with E-state index in [0.717, 1.165) is 21.9 Å². The number of hydrogen-bond donors (Lipinski definition) is 1. The first-order valence-electron chi connectivity index (χ1n) is 12.5. The zero-order valence-electron chi connectivity index (χ0n) is 22.1. The van der Waals surface area contributed by atoms with Crippen LogP contribution in [0.5, 0.6) is 0 Å². The van der Waals surface area contributed by atoms with Crippen molar-refractivity contribution in [1.29, 1.82) is 0 Å². The molecule has 0 unspecified atom stereocenters. The Hall–Kier alpha value is -3.36. The van der Waals surface area contributed by atoms with Gasteiger partial charge in [-0.15, -0.1) is 0 Å². The Morgan fingerprint density at radius 1 is 0.974 bits per heavy atom. The molecule has 1 N–H and O–H groups in total. The van der Waals surface area contributed by atoms with Gasteiger partial charge < -0.3 is 10.2 Å². The third-order valence-electron chi connectivity index (χ3n) is 6.20. The van der Waals surface area contributed by atoms with Crippen molar-refractivity contribution in [3.8, 4) is 0 Å². The SMILES string of the molecule is CCCNC(=O)[C@H](C)N(Cc1cccc(Cl)c1)C(=O)CN(c1cc(C)ccc1C)S(=O)(=O)c1ccccc1. The minimum absolute atomic E-state index is 0.0730. The highest BCUT2D eigenvalue weighted by Gasteiger charge is 2.33. The first kappa shape index (κ1) is 29.2. The lowest BCUT2D eigenvalue weighted by atomic mass is 10.1. The molecule has 0 spiro atoms. The van der Waals surface area contributed by atoms with Gasteiger partial charge in [-0.25, -0.2) is 8.42 Å². The number of benzene rings is 3. The smallest absolute Gasteiger partial charge is 0.264 e. The van der Waals surface area contributed by atoms with Gasteiger partial charge in [-0.1, -0.05) is 61.0 Å². The molecule has 3 aromatic carbocycles. The van der Waals surface area contributed by atoms with Crippen molar-refractivity contribution in [3.63, 3.8) is 0 Å². The van der Waals surface area contributed by atoms with Crippen LogP contribution in [0.2, 0.25) is 5.02 Å². The Kier molecular flexibility index (Phi) is 9.94. The van der Waals surface area contributed by atoms with Gasteiger partial charge in [0.25, 0.3) is 10.0 Å². The molecule has 0 aliphatic rings. The van der Waals surface area contributed by atoms with Gasteiger partial charge >= 0.3 is 0 Å². The van der Waals surface area contributed by atoms with E-state index in [4.69, 9.17) is 11.6 Å². The molecule has 7 nitrogen and oxygen atoms in total. The van der Waals surface area contributed by atoms with Crippen molar-refractivity contribution in [2.24, 2.45) is 0 Å². The van der Waals surface area contributed by atoms with E-state index in [1.54, 1.807) is 56.3 Å². The Morgan fingerprint density at radius 3 is 2.34 bits per heavy atom. The van der Waals surface area contributed by atoms with E-state index in [9.17, 15) is 18.0 Å². The van der Waals surface area contributed by atoms with E-state index in [1.165, 1.54) is 17.0 Å². The van der Waals surface area contributed by atoms with E-state index in [0.29, 0.717) is 22.8 Å². The van der Waals surface area contributed by atoms with Crippen LogP contribution in [0.1, 0.15) is 37.0 Å². The number of rotatable bonds is 11. The van der Waals surface area contributed by atoms with E-state index in [2.05, 4.69) is 5.32 Å². The van der Waals surface area contributed by atoms with Gasteiger partial charge in [0.1, 0.15) is 12.6 Å². The summed E-state index contributed by atoms with van der Waals surface area (Å²) >= 11 is 6.17. The molecule has 3 aromatic rings. The van der Waals surface area contributed by atoms with Gasteiger partial charge in [0, 0.05) is 18.1 Å². The zero-order chi connectivity index (χ0) is 27.9. The molecule has 0 aliphatic heterocycles. The quantitative estimate of drug-likeness (QED) is 0.357. The summed E-state index contributed by atoms with van der Waals surface area (Å²) in [5.41, 5.74) is 2.70. The minimum Gasteiger partial charge on any atom is -0.354 e. The number of carbonyl (C=O) groups excluding carboxylic acids is 2. The number of sulfonamides is 1. The molecule has 0 saturated carbocycles. The average Bonchev–Trinajstić information content (AvgIpc) is 2.90. The second kappa shape index (κ2) is 12.9. The van der Waals surface area contributed by atoms with Gasteiger partial charge in [-0.05, 0) is 74.2 Å². The lowest BCUT2D eigenvalue weighted by Gasteiger charge is -2.32. The molecular weight excluding hydrogens is 522 g/mol. The number of aryl methyl sites for hydroxylation is 2. The lowest BCUT2D eigenvalue weighted by molar-refractivity contribution is -0.139. The van der Waals surface area contributed by atoms with Crippen LogP contribution in [0, 0.1) is 13.8 Å². The normalized spacial score (nSPS) is 12.0. The molecule has 0 bridgehead atoms. The highest BCUT2D eigenvalue weighted by atomic mass is 35.5. The number of halogens is 1. The highest BCUT2D eigenvalue weighted by molar-refractivity contribution is 7.92. The van der Waals surface area contributed by atoms with Gasteiger partial charge in [0.15, 0.2) is 0 Å². The van der Waals surface area contributed by atoms with Crippen molar-refractivity contribution >= 4 is 39.1 Å². The topological polar surface area (TPSA) is 86.8 Å². The maximum Gasteiger partial charge on any atom is 0.264 e. The van der Waals surface area contributed by atoms with E-state index in [1.807, 2.05) is 32.0 Å². The summed E-state index contributed by atoms with van der Waals surface area (Å²) in [5, 5.41) is 3.33. The van der Waals surface area contributed by atoms with Crippen LogP contribution in [0.3, 0.4) is 0 Å². The summed E-state index contributed by atoms with van der Waals surface area (Å²) in [7, 11) is -4.10. The van der Waals surface area contributed by atoms with Crippen molar-refractivity contribution in [2.45, 2.75) is 51.6 Å². The predicted octanol–water partition coefficient (Wildman–Crippen LogP) is 5.10. The Labute approximate surface area is 230 Å². The first-order valence-corrected chi connectivity index (χ1v) is 14.3. The summed E-state index contributed by atoms with van der Waals surface area (Å²) in [5.74, 6) is -0.823. The molecule has 1 atom stereocenters. The van der Waals surface area contributed by atoms with Gasteiger partial charge in [-0.3, -0.25) is 13.9 Å². The van der Waals surface area contributed by atoms with E-state index in [-0.39, 0.29) is 17.3 Å². The van der Waals surface area contributed by atoms with Gasteiger partial charge in [-0.2, -0.15) is 0 Å². The number of nitrogens with one attached hydrogen (secondary N) is 1. The minimum atomic E-state index is -4.10. The number of carbonyl (C=O) groups is 2. The Bertz CT molecular complexity index is 1380. The van der Waals surface area contributed by atoms with E-state index >= 15 is 0 Å². The maximum atomic E-state index is 13.9. The van der Waals surface area contributed by atoms with E-state index < -0.39 is 28.5 Å². The molecule has 0 saturated heterocycles. The fourth-order valence-electron chi connectivity index (χ4n) is 4.03. The second-order valence-corrected chi connectivity index (χ2v) is 11.5. The highest BCUT2D eigenvalue weighted by Crippen LogP contribution is 2.28. The van der Waals surface area contributed by atoms with Gasteiger partial charge in [0.2, 0.25) is 11.8 Å². The molecule has 0 fully saturated rings. The number of amides is 2. The monoisotopic (exact) mass is 555 g/mol. The van der Waals surface area contributed by atoms with Crippen LogP contribution in [0.4, 0.5) is 5.69 Å². The van der Waals surface area contributed by atoms with Crippen LogP contribution in [-0.2, 0) is 26.2 Å². The molecule has 0 aromatic heterocycles. The number of anilines is 1. The predicted molar refractivity (Wildman–Crippen MR) is 152 cm³/mol. The molecular formula is C29H34ClN3O4S. The number of hydrogen-bond acceptors (Lipinski definition) is 4. The summed E-state index contributed by atoms with van der Waals surface area (Å²) in [6.45, 7) is 7.33. The molecule has 0 heterocycles. The lowest BCUT2D eigenvalue weighted by Crippen LogP contribution is -2.51. The summed E-state index contributed by atoms with van der Waals surface area (Å²) in [6, 6.07) is 19.7. The second-order valence-electron chi connectivity index (χ2n) is 9.23. The molecule has 9 heteroatoms. The van der Waals surface area contributed by atoms with Crippen molar-refractivity contribution in [1.82, 2.24) is 10.2 Å². The molecule has 38 heavy (non-hydrogen) atoms. The van der Waals surface area contributed by atoms with Crippen molar-refractivity contribution in [3.05, 3.63) is 94.5 Å². The van der Waals surface area contributed by atoms with Crippen molar-refractivity contribution < 1.29 is 18.0 Å². The molecule has 0 aliphatic carbocycles. The largest absolute Gasteiger partial charge is 0.354 e. The standard InChI is InChI=1S/C29H34ClN3O4S/c1-5-16-31-29(35)23(4)32(19-24-10-9-11-25(30)18-24)28(34)20-33(27-17-21(2)14-15-22(27)3)38(36,37)26-12-7-6-8-13-26/h6-15,17-18,23H,5,16,19-20H2,1-4H3,(H,31,35)/t23-/m0/s1. The maximum absolute atomic E-state index is 13.9. The van der Waals surface area contributed by atoms with Crippen LogP contribution >= 0.6 is 11.6 Å². The Morgan fingerprint density at radius 2 is 1.68 bits per heavy atom. The van der Waals surface area contributed by atoms with Crippen LogP contribution in [-0.4, -0.2) is 44.3 Å². The summed E-state index contributed by atoms with van der Waals surface area (Å²) < 4.78 is 28.9. The third-order valence-corrected chi connectivity index (χ3v) is 8.21. The zero-order valence-corrected chi connectivity index (χ0v) is 23.7. The van der Waals surface area contributed by atoms with Crippen molar-refractivity contribution in [2.75, 3.05) is 17.4 Å². The fraction of sp³-hybridized carbons (Fsp3) is 0.310. The third kappa shape index (κ3) is 7.14. The first-order chi connectivity index (χ1) is 18.0. The van der Waals surface area contributed by atoms with Crippen LogP contribution in [0.15, 0.2) is 77.7 Å². The molecule has 202 valence electrons. The van der Waals surface area contributed by atoms with Gasteiger partial charge in [0.05, 0.1) is 10.6 Å². The van der Waals surface area contributed by atoms with Crippen LogP contribution in [0.25, 0.3) is 0 Å². The molecule has 2 amide bonds. The molecule has 0 radical (unpaired) electrons. The fourth-order valence-corrected chi connectivity index (χ4v) is 5.74. The van der Waals surface area contributed by atoms with Crippen LogP contribution < -0.4 is 9.62 Å². The number of nitrogens with zero attached hydrogens (tertiary/aromatic N) is 2.